The number of hydrogen-bond donors (Lipinski definition) is 2. The first-order chi connectivity index (χ1) is 9.69. The third-order valence-electron chi connectivity index (χ3n) is 2.79. The van der Waals surface area contributed by atoms with Crippen molar-refractivity contribution in [3.63, 3.8) is 0 Å². The molecule has 2 N–H and O–H groups in total. The first kappa shape index (κ1) is 18.2. The Labute approximate surface area is 131 Å². The summed E-state index contributed by atoms with van der Waals surface area (Å²) in [5.74, 6) is -2.58. The highest BCUT2D eigenvalue weighted by molar-refractivity contribution is 7.99. The van der Waals surface area contributed by atoms with Crippen LogP contribution in [0.1, 0.15) is 23.7 Å². The molecule has 0 fully saturated rings. The molecule has 1 unspecified atom stereocenters. The highest BCUT2D eigenvalue weighted by atomic mass is 35.5. The van der Waals surface area contributed by atoms with E-state index in [1.54, 1.807) is 11.8 Å². The average molecular weight is 356 g/mol. The summed E-state index contributed by atoms with van der Waals surface area (Å²) in [6.07, 6.45) is 2.51. The van der Waals surface area contributed by atoms with E-state index in [1.807, 2.05) is 13.2 Å². The molecule has 5 nitrogen and oxygen atoms in total. The van der Waals surface area contributed by atoms with Crippen LogP contribution in [0.15, 0.2) is 17.0 Å². The third kappa shape index (κ3) is 4.84. The molecule has 0 aliphatic heterocycles. The van der Waals surface area contributed by atoms with Crippen LogP contribution in [0.25, 0.3) is 0 Å². The summed E-state index contributed by atoms with van der Waals surface area (Å²) in [5.41, 5.74) is -0.588. The molecule has 0 saturated heterocycles. The van der Waals surface area contributed by atoms with Gasteiger partial charge in [0, 0.05) is 11.8 Å². The monoisotopic (exact) mass is 355 g/mol. The molecule has 1 rings (SSSR count). The first-order valence-corrected chi connectivity index (χ1v) is 9.08. The van der Waals surface area contributed by atoms with E-state index in [0.29, 0.717) is 12.5 Å². The summed E-state index contributed by atoms with van der Waals surface area (Å²) in [6, 6.07) is 1.54. The van der Waals surface area contributed by atoms with Gasteiger partial charge in [0.25, 0.3) is 0 Å². The van der Waals surface area contributed by atoms with Crippen molar-refractivity contribution in [1.82, 2.24) is 4.72 Å². The van der Waals surface area contributed by atoms with Gasteiger partial charge in [0.05, 0.1) is 15.5 Å². The molecule has 0 radical (unpaired) electrons. The molecule has 9 heteroatoms. The molecule has 0 aromatic heterocycles. The van der Waals surface area contributed by atoms with Crippen molar-refractivity contribution in [2.45, 2.75) is 23.5 Å². The summed E-state index contributed by atoms with van der Waals surface area (Å²) >= 11 is 7.09. The van der Waals surface area contributed by atoms with Crippen LogP contribution < -0.4 is 4.72 Å². The number of halogens is 2. The van der Waals surface area contributed by atoms with Gasteiger partial charge in [-0.25, -0.2) is 22.3 Å². The normalized spacial score (nSPS) is 13.1. The molecule has 1 aromatic rings. The van der Waals surface area contributed by atoms with Crippen LogP contribution in [-0.2, 0) is 10.0 Å². The van der Waals surface area contributed by atoms with Gasteiger partial charge in [0.15, 0.2) is 0 Å². The fourth-order valence-corrected chi connectivity index (χ4v) is 3.10. The maximum Gasteiger partial charge on any atom is 0.337 e. The number of carboxylic acid groups (broad SMARTS) is 1. The minimum Gasteiger partial charge on any atom is -0.478 e. The number of sulfonamides is 1. The largest absolute Gasteiger partial charge is 0.478 e. The van der Waals surface area contributed by atoms with Gasteiger partial charge >= 0.3 is 5.97 Å². The predicted molar refractivity (Wildman–Crippen MR) is 81.2 cm³/mol. The SMILES string of the molecule is CSC(C)CCNS(=O)(=O)c1cc(F)c(Cl)c(C(=O)O)c1. The zero-order valence-corrected chi connectivity index (χ0v) is 13.8. The molecule has 21 heavy (non-hydrogen) atoms. The van der Waals surface area contributed by atoms with Crippen LogP contribution in [0, 0.1) is 5.82 Å². The molecular weight excluding hydrogens is 341 g/mol. The minimum absolute atomic E-state index is 0.178. The zero-order valence-electron chi connectivity index (χ0n) is 11.4. The lowest BCUT2D eigenvalue weighted by molar-refractivity contribution is 0.0696. The van der Waals surface area contributed by atoms with Crippen LogP contribution in [-0.4, -0.2) is 37.5 Å². The molecule has 0 amide bonds. The second-order valence-electron chi connectivity index (χ2n) is 4.30. The lowest BCUT2D eigenvalue weighted by Gasteiger charge is -2.11. The van der Waals surface area contributed by atoms with E-state index in [0.717, 1.165) is 6.07 Å². The summed E-state index contributed by atoms with van der Waals surface area (Å²) in [5, 5.41) is 8.55. The molecule has 118 valence electrons. The average Bonchev–Trinajstić information content (AvgIpc) is 2.40. The highest BCUT2D eigenvalue weighted by Gasteiger charge is 2.21. The quantitative estimate of drug-likeness (QED) is 0.785. The lowest BCUT2D eigenvalue weighted by atomic mass is 10.2. The second kappa shape index (κ2) is 7.44. The summed E-state index contributed by atoms with van der Waals surface area (Å²) in [4.78, 5) is 10.5. The van der Waals surface area contributed by atoms with Crippen molar-refractivity contribution >= 4 is 39.4 Å². The molecule has 1 atom stereocenters. The van der Waals surface area contributed by atoms with Crippen LogP contribution in [0.3, 0.4) is 0 Å². The van der Waals surface area contributed by atoms with Crippen molar-refractivity contribution in [1.29, 1.82) is 0 Å². The van der Waals surface area contributed by atoms with E-state index in [9.17, 15) is 17.6 Å². The van der Waals surface area contributed by atoms with Crippen molar-refractivity contribution < 1.29 is 22.7 Å². The van der Waals surface area contributed by atoms with E-state index in [-0.39, 0.29) is 11.8 Å². The molecule has 0 heterocycles. The van der Waals surface area contributed by atoms with Crippen molar-refractivity contribution in [2.75, 3.05) is 12.8 Å². The van der Waals surface area contributed by atoms with Crippen LogP contribution >= 0.6 is 23.4 Å². The van der Waals surface area contributed by atoms with Gasteiger partial charge in [-0.15, -0.1) is 0 Å². The number of benzene rings is 1. The Morgan fingerprint density at radius 3 is 2.67 bits per heavy atom. The van der Waals surface area contributed by atoms with Gasteiger partial charge in [0.1, 0.15) is 5.82 Å². The Morgan fingerprint density at radius 2 is 2.14 bits per heavy atom. The highest BCUT2D eigenvalue weighted by Crippen LogP contribution is 2.24. The summed E-state index contributed by atoms with van der Waals surface area (Å²) in [7, 11) is -3.98. The smallest absolute Gasteiger partial charge is 0.337 e. The van der Waals surface area contributed by atoms with Gasteiger partial charge in [-0.1, -0.05) is 18.5 Å². The van der Waals surface area contributed by atoms with Crippen molar-refractivity contribution in [2.24, 2.45) is 0 Å². The van der Waals surface area contributed by atoms with E-state index in [1.165, 1.54) is 0 Å². The standard InChI is InChI=1S/C12H15ClFNO4S2/c1-7(20-2)3-4-15-21(18,19)8-5-9(12(16)17)11(13)10(14)6-8/h5-7,15H,3-4H2,1-2H3,(H,16,17). The van der Waals surface area contributed by atoms with Gasteiger partial charge in [-0.3, -0.25) is 0 Å². The van der Waals surface area contributed by atoms with Crippen LogP contribution in [0.2, 0.25) is 5.02 Å². The lowest BCUT2D eigenvalue weighted by Crippen LogP contribution is -2.26. The van der Waals surface area contributed by atoms with Crippen molar-refractivity contribution in [3.8, 4) is 0 Å². The topological polar surface area (TPSA) is 83.5 Å². The number of aromatic carboxylic acids is 1. The Kier molecular flexibility index (Phi) is 6.45. The van der Waals surface area contributed by atoms with E-state index in [2.05, 4.69) is 4.72 Å². The first-order valence-electron chi connectivity index (χ1n) is 5.94. The Hall–Kier alpha value is -0.830. The Balaban J connectivity index is 3.01. The fraction of sp³-hybridized carbons (Fsp3) is 0.417. The van der Waals surface area contributed by atoms with Crippen LogP contribution in [0.4, 0.5) is 4.39 Å². The van der Waals surface area contributed by atoms with Gasteiger partial charge in [0.2, 0.25) is 10.0 Å². The number of carbonyl (C=O) groups is 1. The van der Waals surface area contributed by atoms with Gasteiger partial charge < -0.3 is 5.11 Å². The maximum absolute atomic E-state index is 13.5. The van der Waals surface area contributed by atoms with Crippen molar-refractivity contribution in [3.05, 3.63) is 28.5 Å². The fourth-order valence-electron chi connectivity index (χ4n) is 1.47. The molecule has 1 aromatic carbocycles. The van der Waals surface area contributed by atoms with Gasteiger partial charge in [-0.2, -0.15) is 11.8 Å². The molecule has 0 aliphatic carbocycles. The van der Waals surface area contributed by atoms with E-state index >= 15 is 0 Å². The van der Waals surface area contributed by atoms with E-state index < -0.39 is 37.3 Å². The summed E-state index contributed by atoms with van der Waals surface area (Å²) in [6.45, 7) is 2.13. The predicted octanol–water partition coefficient (Wildman–Crippen LogP) is 2.60. The summed E-state index contributed by atoms with van der Waals surface area (Å²) < 4.78 is 39.9. The second-order valence-corrected chi connectivity index (χ2v) is 7.73. The number of hydrogen-bond acceptors (Lipinski definition) is 4. The third-order valence-corrected chi connectivity index (χ3v) is 5.65. The maximum atomic E-state index is 13.5. The minimum atomic E-state index is -3.98. The number of thioether (sulfide) groups is 1. The van der Waals surface area contributed by atoms with Gasteiger partial charge in [-0.05, 0) is 24.8 Å². The number of rotatable bonds is 7. The van der Waals surface area contributed by atoms with E-state index in [4.69, 9.17) is 16.7 Å². The molecular formula is C12H15ClFNO4S2. The Bertz CT molecular complexity index is 636. The molecule has 0 saturated carbocycles. The van der Waals surface area contributed by atoms with Crippen LogP contribution in [0.5, 0.6) is 0 Å². The Morgan fingerprint density at radius 1 is 1.52 bits per heavy atom. The molecule has 0 aliphatic rings. The number of carboxylic acids is 1. The zero-order chi connectivity index (χ0) is 16.2. The number of nitrogens with one attached hydrogen (secondary N) is 1. The molecule has 0 spiro atoms. The molecule has 0 bridgehead atoms.